The van der Waals surface area contributed by atoms with Crippen molar-refractivity contribution in [1.82, 2.24) is 0 Å². The maximum atomic E-state index is 12.4. The fourth-order valence-corrected chi connectivity index (χ4v) is 2.31. The molecule has 2 aromatic rings. The van der Waals surface area contributed by atoms with Gasteiger partial charge in [-0.2, -0.15) is 0 Å². The number of aryl methyl sites for hydroxylation is 1. The molecule has 2 rings (SSSR count). The second-order valence-electron chi connectivity index (χ2n) is 5.25. The summed E-state index contributed by atoms with van der Waals surface area (Å²) in [6.45, 7) is 3.66. The zero-order valence-electron chi connectivity index (χ0n) is 14.1. The van der Waals surface area contributed by atoms with Crippen LogP contribution in [0.1, 0.15) is 12.5 Å². The molecule has 0 radical (unpaired) electrons. The summed E-state index contributed by atoms with van der Waals surface area (Å²) in [5, 5.41) is 3.13. The van der Waals surface area contributed by atoms with Crippen molar-refractivity contribution in [2.45, 2.75) is 20.0 Å². The summed E-state index contributed by atoms with van der Waals surface area (Å²) in [7, 11) is 3.01. The number of nitrogens with one attached hydrogen (secondary N) is 1. The molecule has 0 bridgehead atoms. The van der Waals surface area contributed by atoms with E-state index < -0.39 is 6.10 Å². The smallest absolute Gasteiger partial charge is 0.265 e. The van der Waals surface area contributed by atoms with E-state index in [0.717, 1.165) is 5.56 Å². The van der Waals surface area contributed by atoms with Crippen LogP contribution < -0.4 is 19.5 Å². The van der Waals surface area contributed by atoms with Crippen LogP contribution >= 0.6 is 11.6 Å². The minimum absolute atomic E-state index is 0.310. The molecule has 0 saturated carbocycles. The zero-order chi connectivity index (χ0) is 17.7. The molecular weight excluding hydrogens is 330 g/mol. The predicted molar refractivity (Wildman–Crippen MR) is 94.5 cm³/mol. The molecule has 0 aliphatic rings. The van der Waals surface area contributed by atoms with Gasteiger partial charge in [0.25, 0.3) is 5.91 Å². The summed E-state index contributed by atoms with van der Waals surface area (Å²) in [5.41, 5.74) is 1.57. The number of amides is 1. The van der Waals surface area contributed by atoms with Crippen LogP contribution in [0.5, 0.6) is 17.2 Å². The lowest BCUT2D eigenvalue weighted by Gasteiger charge is -2.17. The first-order valence-electron chi connectivity index (χ1n) is 7.40. The van der Waals surface area contributed by atoms with Gasteiger partial charge < -0.3 is 19.5 Å². The molecule has 1 amide bonds. The predicted octanol–water partition coefficient (Wildman–Crippen LogP) is 4.07. The Morgan fingerprint density at radius 2 is 1.71 bits per heavy atom. The van der Waals surface area contributed by atoms with Gasteiger partial charge in [-0.3, -0.25) is 4.79 Å². The van der Waals surface area contributed by atoms with Crippen molar-refractivity contribution in [2.75, 3.05) is 19.5 Å². The largest absolute Gasteiger partial charge is 0.495 e. The lowest BCUT2D eigenvalue weighted by atomic mass is 10.2. The SMILES string of the molecule is COc1cc(OC)c(NC(=O)C(C)Oc2ccc(C)cc2)cc1Cl. The summed E-state index contributed by atoms with van der Waals surface area (Å²) in [5.74, 6) is 1.24. The van der Waals surface area contributed by atoms with E-state index in [4.69, 9.17) is 25.8 Å². The number of rotatable bonds is 6. The van der Waals surface area contributed by atoms with Crippen LogP contribution in [0.2, 0.25) is 5.02 Å². The lowest BCUT2D eigenvalue weighted by molar-refractivity contribution is -0.122. The van der Waals surface area contributed by atoms with Crippen molar-refractivity contribution < 1.29 is 19.0 Å². The summed E-state index contributed by atoms with van der Waals surface area (Å²) >= 11 is 6.10. The Balaban J connectivity index is 2.10. The van der Waals surface area contributed by atoms with E-state index in [1.807, 2.05) is 31.2 Å². The highest BCUT2D eigenvalue weighted by molar-refractivity contribution is 6.32. The van der Waals surface area contributed by atoms with Crippen LogP contribution in [0.4, 0.5) is 5.69 Å². The van der Waals surface area contributed by atoms with E-state index in [9.17, 15) is 4.79 Å². The van der Waals surface area contributed by atoms with Gasteiger partial charge in [-0.25, -0.2) is 0 Å². The quantitative estimate of drug-likeness (QED) is 0.854. The first-order chi connectivity index (χ1) is 11.4. The van der Waals surface area contributed by atoms with Gasteiger partial charge in [0, 0.05) is 6.07 Å². The molecule has 0 aliphatic heterocycles. The Morgan fingerprint density at radius 3 is 2.29 bits per heavy atom. The number of hydrogen-bond donors (Lipinski definition) is 1. The molecule has 0 saturated heterocycles. The highest BCUT2D eigenvalue weighted by Gasteiger charge is 2.18. The zero-order valence-corrected chi connectivity index (χ0v) is 14.8. The maximum absolute atomic E-state index is 12.4. The fraction of sp³-hybridized carbons (Fsp3) is 0.278. The highest BCUT2D eigenvalue weighted by atomic mass is 35.5. The minimum atomic E-state index is -0.682. The summed E-state index contributed by atoms with van der Waals surface area (Å²) in [4.78, 5) is 12.4. The van der Waals surface area contributed by atoms with E-state index in [2.05, 4.69) is 5.32 Å². The van der Waals surface area contributed by atoms with Crippen LogP contribution in [0.25, 0.3) is 0 Å². The first-order valence-corrected chi connectivity index (χ1v) is 7.78. The lowest BCUT2D eigenvalue weighted by Crippen LogP contribution is -2.30. The molecular formula is C18H20ClNO4. The molecule has 0 spiro atoms. The normalized spacial score (nSPS) is 11.5. The number of ether oxygens (including phenoxy) is 3. The average Bonchev–Trinajstić information content (AvgIpc) is 2.57. The molecule has 2 aromatic carbocycles. The van der Waals surface area contributed by atoms with Crippen molar-refractivity contribution >= 4 is 23.2 Å². The second kappa shape index (κ2) is 7.93. The molecule has 1 unspecified atom stereocenters. The van der Waals surface area contributed by atoms with Gasteiger partial charge in [-0.05, 0) is 32.0 Å². The van der Waals surface area contributed by atoms with Gasteiger partial charge >= 0.3 is 0 Å². The van der Waals surface area contributed by atoms with Gasteiger partial charge in [0.1, 0.15) is 17.2 Å². The van der Waals surface area contributed by atoms with Gasteiger partial charge in [0.15, 0.2) is 6.10 Å². The summed E-state index contributed by atoms with van der Waals surface area (Å²) < 4.78 is 16.0. The van der Waals surface area contributed by atoms with Crippen molar-refractivity contribution in [2.24, 2.45) is 0 Å². The standard InChI is InChI=1S/C18H20ClNO4/c1-11-5-7-13(8-6-11)24-12(2)18(21)20-15-9-14(19)16(22-3)10-17(15)23-4/h5-10,12H,1-4H3,(H,20,21). The monoisotopic (exact) mass is 349 g/mol. The van der Waals surface area contributed by atoms with Crippen molar-refractivity contribution in [3.63, 3.8) is 0 Å². The average molecular weight is 350 g/mol. The molecule has 0 aromatic heterocycles. The van der Waals surface area contributed by atoms with Gasteiger partial charge in [0.05, 0.1) is 24.9 Å². The highest BCUT2D eigenvalue weighted by Crippen LogP contribution is 2.36. The molecule has 0 aliphatic carbocycles. The van der Waals surface area contributed by atoms with Gasteiger partial charge in [0.2, 0.25) is 0 Å². The van der Waals surface area contributed by atoms with E-state index >= 15 is 0 Å². The van der Waals surface area contributed by atoms with Crippen LogP contribution in [-0.4, -0.2) is 26.2 Å². The third-order valence-corrected chi connectivity index (χ3v) is 3.73. The van der Waals surface area contributed by atoms with E-state index in [-0.39, 0.29) is 5.91 Å². The van der Waals surface area contributed by atoms with Gasteiger partial charge in [-0.1, -0.05) is 29.3 Å². The van der Waals surface area contributed by atoms with Crippen molar-refractivity contribution in [3.05, 3.63) is 47.0 Å². The topological polar surface area (TPSA) is 56.8 Å². The summed E-state index contributed by atoms with van der Waals surface area (Å²) in [6.07, 6.45) is -0.682. The Labute approximate surface area is 146 Å². The maximum Gasteiger partial charge on any atom is 0.265 e. The minimum Gasteiger partial charge on any atom is -0.495 e. The molecule has 5 nitrogen and oxygen atoms in total. The second-order valence-corrected chi connectivity index (χ2v) is 5.66. The van der Waals surface area contributed by atoms with Crippen molar-refractivity contribution in [3.8, 4) is 17.2 Å². The number of anilines is 1. The van der Waals surface area contributed by atoms with Crippen LogP contribution in [-0.2, 0) is 4.79 Å². The molecule has 128 valence electrons. The van der Waals surface area contributed by atoms with E-state index in [1.165, 1.54) is 14.2 Å². The third kappa shape index (κ3) is 4.32. The molecule has 1 atom stereocenters. The van der Waals surface area contributed by atoms with Gasteiger partial charge in [-0.15, -0.1) is 0 Å². The Hall–Kier alpha value is -2.40. The van der Waals surface area contributed by atoms with Crippen LogP contribution in [0, 0.1) is 6.92 Å². The van der Waals surface area contributed by atoms with Crippen LogP contribution in [0.3, 0.4) is 0 Å². The Kier molecular flexibility index (Phi) is 5.93. The number of benzene rings is 2. The number of hydrogen-bond acceptors (Lipinski definition) is 4. The van der Waals surface area contributed by atoms with E-state index in [1.54, 1.807) is 19.1 Å². The fourth-order valence-electron chi connectivity index (χ4n) is 2.07. The number of methoxy groups -OCH3 is 2. The Bertz CT molecular complexity index is 716. The first kappa shape index (κ1) is 17.9. The summed E-state index contributed by atoms with van der Waals surface area (Å²) in [6, 6.07) is 10.7. The molecule has 24 heavy (non-hydrogen) atoms. The molecule has 6 heteroatoms. The number of carbonyl (C=O) groups excluding carboxylic acids is 1. The number of halogens is 1. The van der Waals surface area contributed by atoms with Crippen molar-refractivity contribution in [1.29, 1.82) is 0 Å². The Morgan fingerprint density at radius 1 is 1.08 bits per heavy atom. The molecule has 1 N–H and O–H groups in total. The molecule has 0 heterocycles. The number of carbonyl (C=O) groups is 1. The molecule has 0 fully saturated rings. The van der Waals surface area contributed by atoms with Crippen LogP contribution in [0.15, 0.2) is 36.4 Å². The van der Waals surface area contributed by atoms with E-state index in [0.29, 0.717) is 28.0 Å². The third-order valence-electron chi connectivity index (χ3n) is 3.43.